The second-order valence-corrected chi connectivity index (χ2v) is 6.57. The van der Waals surface area contributed by atoms with Crippen molar-refractivity contribution in [1.82, 2.24) is 10.2 Å². The van der Waals surface area contributed by atoms with Gasteiger partial charge in [-0.1, -0.05) is 33.1 Å². The van der Waals surface area contributed by atoms with Gasteiger partial charge in [-0.3, -0.25) is 4.90 Å². The average Bonchev–Trinajstić information content (AvgIpc) is 2.87. The number of hydrogen-bond acceptors (Lipinski definition) is 2. The zero-order valence-corrected chi connectivity index (χ0v) is 12.5. The van der Waals surface area contributed by atoms with Gasteiger partial charge < -0.3 is 5.32 Å². The lowest BCUT2D eigenvalue weighted by Crippen LogP contribution is -2.45. The molecule has 0 aromatic rings. The predicted octanol–water partition coefficient (Wildman–Crippen LogP) is 3.42. The lowest BCUT2D eigenvalue weighted by molar-refractivity contribution is 0.122. The van der Waals surface area contributed by atoms with Gasteiger partial charge in [0.25, 0.3) is 0 Å². The fourth-order valence-corrected chi connectivity index (χ4v) is 3.71. The van der Waals surface area contributed by atoms with Crippen molar-refractivity contribution < 1.29 is 0 Å². The Morgan fingerprint density at radius 1 is 1.17 bits per heavy atom. The van der Waals surface area contributed by atoms with Crippen molar-refractivity contribution in [3.8, 4) is 0 Å². The van der Waals surface area contributed by atoms with E-state index in [0.717, 1.165) is 18.0 Å². The van der Waals surface area contributed by atoms with Crippen molar-refractivity contribution in [2.45, 2.75) is 77.3 Å². The maximum Gasteiger partial charge on any atom is 0.0195 e. The number of rotatable bonds is 6. The highest BCUT2D eigenvalue weighted by molar-refractivity contribution is 4.84. The maximum atomic E-state index is 3.67. The monoisotopic (exact) mass is 252 g/mol. The summed E-state index contributed by atoms with van der Waals surface area (Å²) in [7, 11) is 0. The summed E-state index contributed by atoms with van der Waals surface area (Å²) in [5, 5.41) is 3.67. The van der Waals surface area contributed by atoms with Crippen LogP contribution in [0.1, 0.15) is 65.2 Å². The van der Waals surface area contributed by atoms with Crippen LogP contribution in [0.25, 0.3) is 0 Å². The van der Waals surface area contributed by atoms with Crippen molar-refractivity contribution in [1.29, 1.82) is 0 Å². The molecule has 0 radical (unpaired) electrons. The van der Waals surface area contributed by atoms with Gasteiger partial charge in [-0.2, -0.15) is 0 Å². The predicted molar refractivity (Wildman–Crippen MR) is 78.9 cm³/mol. The Bertz CT molecular complexity index is 223. The third-order valence-corrected chi connectivity index (χ3v) is 4.84. The van der Waals surface area contributed by atoms with Crippen molar-refractivity contribution in [3.05, 3.63) is 0 Å². The van der Waals surface area contributed by atoms with E-state index in [1.165, 1.54) is 71.0 Å². The summed E-state index contributed by atoms with van der Waals surface area (Å²) < 4.78 is 0. The lowest BCUT2D eigenvalue weighted by Gasteiger charge is -2.38. The lowest BCUT2D eigenvalue weighted by atomic mass is 9.86. The second-order valence-electron chi connectivity index (χ2n) is 6.57. The largest absolute Gasteiger partial charge is 0.313 e. The van der Waals surface area contributed by atoms with Gasteiger partial charge in [0.15, 0.2) is 0 Å². The molecule has 0 bridgehead atoms. The van der Waals surface area contributed by atoms with Gasteiger partial charge in [-0.05, 0) is 51.1 Å². The van der Waals surface area contributed by atoms with E-state index in [9.17, 15) is 0 Å². The molecule has 0 amide bonds. The van der Waals surface area contributed by atoms with Crippen LogP contribution >= 0.6 is 0 Å². The molecule has 1 saturated carbocycles. The summed E-state index contributed by atoms with van der Waals surface area (Å²) >= 11 is 0. The molecule has 1 N–H and O–H groups in total. The number of hydrogen-bond donors (Lipinski definition) is 1. The zero-order chi connectivity index (χ0) is 12.8. The highest BCUT2D eigenvalue weighted by Crippen LogP contribution is 2.28. The molecule has 2 fully saturated rings. The minimum absolute atomic E-state index is 0.777. The normalized spacial score (nSPS) is 33.2. The van der Waals surface area contributed by atoms with Crippen molar-refractivity contribution >= 4 is 0 Å². The van der Waals surface area contributed by atoms with E-state index in [0.29, 0.717) is 0 Å². The fraction of sp³-hybridized carbons (Fsp3) is 1.00. The summed E-state index contributed by atoms with van der Waals surface area (Å²) in [6, 6.07) is 1.65. The molecular weight excluding hydrogens is 220 g/mol. The van der Waals surface area contributed by atoms with Crippen molar-refractivity contribution in [2.24, 2.45) is 5.92 Å². The first-order valence-electron chi connectivity index (χ1n) is 8.27. The minimum atomic E-state index is 0.777. The quantitative estimate of drug-likeness (QED) is 0.779. The van der Waals surface area contributed by atoms with Gasteiger partial charge in [-0.15, -0.1) is 0 Å². The third-order valence-electron chi connectivity index (χ3n) is 4.84. The molecule has 1 saturated heterocycles. The SMILES string of the molecule is CCCCN(CC1CCCN1)C1CCCC(C)C1. The van der Waals surface area contributed by atoms with Gasteiger partial charge in [-0.25, -0.2) is 0 Å². The summed E-state index contributed by atoms with van der Waals surface area (Å²) in [4.78, 5) is 2.82. The molecule has 2 rings (SSSR count). The fourth-order valence-electron chi connectivity index (χ4n) is 3.71. The van der Waals surface area contributed by atoms with Crippen LogP contribution in [0.5, 0.6) is 0 Å². The molecule has 3 atom stereocenters. The molecule has 18 heavy (non-hydrogen) atoms. The van der Waals surface area contributed by atoms with E-state index in [-0.39, 0.29) is 0 Å². The minimum Gasteiger partial charge on any atom is -0.313 e. The highest BCUT2D eigenvalue weighted by atomic mass is 15.2. The summed E-state index contributed by atoms with van der Waals surface area (Å²) in [5.41, 5.74) is 0. The molecule has 1 aliphatic carbocycles. The first kappa shape index (κ1) is 14.3. The molecule has 2 nitrogen and oxygen atoms in total. The van der Waals surface area contributed by atoms with Gasteiger partial charge >= 0.3 is 0 Å². The van der Waals surface area contributed by atoms with Crippen LogP contribution < -0.4 is 5.32 Å². The van der Waals surface area contributed by atoms with Crippen LogP contribution in [-0.4, -0.2) is 36.6 Å². The van der Waals surface area contributed by atoms with E-state index in [1.54, 1.807) is 0 Å². The zero-order valence-electron chi connectivity index (χ0n) is 12.5. The van der Waals surface area contributed by atoms with E-state index in [4.69, 9.17) is 0 Å². The van der Waals surface area contributed by atoms with Gasteiger partial charge in [0.05, 0.1) is 0 Å². The van der Waals surface area contributed by atoms with Crippen LogP contribution in [0.4, 0.5) is 0 Å². The Labute approximate surface area is 114 Å². The molecule has 1 heterocycles. The average molecular weight is 252 g/mol. The first-order valence-corrected chi connectivity index (χ1v) is 8.27. The molecule has 2 aliphatic rings. The van der Waals surface area contributed by atoms with Gasteiger partial charge in [0.2, 0.25) is 0 Å². The summed E-state index contributed by atoms with van der Waals surface area (Å²) in [5.74, 6) is 0.949. The highest BCUT2D eigenvalue weighted by Gasteiger charge is 2.27. The molecule has 2 heteroatoms. The Morgan fingerprint density at radius 2 is 2.06 bits per heavy atom. The van der Waals surface area contributed by atoms with Gasteiger partial charge in [0, 0.05) is 18.6 Å². The molecule has 0 spiro atoms. The Hall–Kier alpha value is -0.0800. The number of unbranched alkanes of at least 4 members (excludes halogenated alkanes) is 1. The standard InChI is InChI=1S/C16H32N2/c1-3-4-11-18(13-15-8-6-10-17-15)16-9-5-7-14(2)12-16/h14-17H,3-13H2,1-2H3. The van der Waals surface area contributed by atoms with E-state index < -0.39 is 0 Å². The second kappa shape index (κ2) is 7.49. The van der Waals surface area contributed by atoms with E-state index in [1.807, 2.05) is 0 Å². The van der Waals surface area contributed by atoms with Crippen LogP contribution in [-0.2, 0) is 0 Å². The summed E-state index contributed by atoms with van der Waals surface area (Å²) in [6.07, 6.45) is 11.3. The van der Waals surface area contributed by atoms with Crippen LogP contribution in [0.15, 0.2) is 0 Å². The molecule has 0 aromatic heterocycles. The van der Waals surface area contributed by atoms with Crippen LogP contribution in [0.2, 0.25) is 0 Å². The summed E-state index contributed by atoms with van der Waals surface area (Å²) in [6.45, 7) is 8.63. The van der Waals surface area contributed by atoms with Crippen LogP contribution in [0.3, 0.4) is 0 Å². The molecule has 0 aromatic carbocycles. The Morgan fingerprint density at radius 3 is 2.72 bits per heavy atom. The van der Waals surface area contributed by atoms with E-state index in [2.05, 4.69) is 24.1 Å². The van der Waals surface area contributed by atoms with Crippen molar-refractivity contribution in [3.63, 3.8) is 0 Å². The molecule has 3 unspecified atom stereocenters. The topological polar surface area (TPSA) is 15.3 Å². The Balaban J connectivity index is 1.85. The number of nitrogens with zero attached hydrogens (tertiary/aromatic N) is 1. The maximum absolute atomic E-state index is 3.67. The van der Waals surface area contributed by atoms with Crippen molar-refractivity contribution in [2.75, 3.05) is 19.6 Å². The first-order chi connectivity index (χ1) is 8.79. The van der Waals surface area contributed by atoms with Gasteiger partial charge in [0.1, 0.15) is 0 Å². The Kier molecular flexibility index (Phi) is 5.97. The number of nitrogens with one attached hydrogen (secondary N) is 1. The third kappa shape index (κ3) is 4.24. The molecule has 1 aliphatic heterocycles. The van der Waals surface area contributed by atoms with E-state index >= 15 is 0 Å². The molecule has 106 valence electrons. The molecular formula is C16H32N2. The van der Waals surface area contributed by atoms with Crippen LogP contribution in [0, 0.1) is 5.92 Å². The smallest absolute Gasteiger partial charge is 0.0195 e.